The minimum Gasteiger partial charge on any atom is -0.454 e. The van der Waals surface area contributed by atoms with Gasteiger partial charge in [-0.25, -0.2) is 8.96 Å². The Labute approximate surface area is 210 Å². The van der Waals surface area contributed by atoms with Crippen LogP contribution in [-0.4, -0.2) is 0 Å². The molecule has 0 unspecified atom stereocenters. The molecule has 0 bridgehead atoms. The van der Waals surface area contributed by atoms with Crippen molar-refractivity contribution < 1.29 is 13.4 Å². The second kappa shape index (κ2) is 8.46. The fourth-order valence-electron chi connectivity index (χ4n) is 5.43. The van der Waals surface area contributed by atoms with Gasteiger partial charge in [0.05, 0.1) is 11.1 Å². The summed E-state index contributed by atoms with van der Waals surface area (Å²) < 4.78 is 24.3. The van der Waals surface area contributed by atoms with Crippen molar-refractivity contribution in [1.82, 2.24) is 0 Å². The standard InChI is InChI=1S/C33H27FNO/c1-20-13-16-28(35(4)19-20)30-22(3)17-21(2)29-26-14-15-27(34)31(32(26)36-33(29)30)25-12-8-11-24(18-25)23-9-6-5-7-10-23/h5-19H,1-4H3/q+1. The van der Waals surface area contributed by atoms with Gasteiger partial charge in [0.2, 0.25) is 5.69 Å². The van der Waals surface area contributed by atoms with Crippen LogP contribution >= 0.6 is 0 Å². The van der Waals surface area contributed by atoms with E-state index in [0.717, 1.165) is 55.4 Å². The molecule has 2 heterocycles. The molecule has 2 aromatic heterocycles. The van der Waals surface area contributed by atoms with Crippen LogP contribution in [0.5, 0.6) is 0 Å². The van der Waals surface area contributed by atoms with Crippen molar-refractivity contribution >= 4 is 21.9 Å². The van der Waals surface area contributed by atoms with Gasteiger partial charge in [-0.05, 0) is 72.9 Å². The Hall–Kier alpha value is -4.24. The van der Waals surface area contributed by atoms with Gasteiger partial charge in [-0.1, -0.05) is 54.6 Å². The van der Waals surface area contributed by atoms with Crippen molar-refractivity contribution in [2.24, 2.45) is 7.05 Å². The monoisotopic (exact) mass is 472 g/mol. The van der Waals surface area contributed by atoms with Crippen molar-refractivity contribution in [3.8, 4) is 33.5 Å². The van der Waals surface area contributed by atoms with Crippen LogP contribution in [0.25, 0.3) is 55.4 Å². The van der Waals surface area contributed by atoms with E-state index in [0.29, 0.717) is 11.1 Å². The van der Waals surface area contributed by atoms with Gasteiger partial charge >= 0.3 is 0 Å². The van der Waals surface area contributed by atoms with Crippen LogP contribution in [0.4, 0.5) is 4.39 Å². The third-order valence-corrected chi connectivity index (χ3v) is 7.05. The minimum absolute atomic E-state index is 0.288. The van der Waals surface area contributed by atoms with Gasteiger partial charge in [0.15, 0.2) is 6.20 Å². The normalized spacial score (nSPS) is 11.5. The molecular formula is C33H27FNO+. The molecule has 176 valence electrons. The van der Waals surface area contributed by atoms with Crippen LogP contribution in [0.1, 0.15) is 16.7 Å². The van der Waals surface area contributed by atoms with E-state index in [4.69, 9.17) is 4.42 Å². The number of hydrogen-bond donors (Lipinski definition) is 0. The summed E-state index contributed by atoms with van der Waals surface area (Å²) in [6.07, 6.45) is 2.11. The average molecular weight is 473 g/mol. The number of halogens is 1. The Morgan fingerprint density at radius 2 is 1.42 bits per heavy atom. The van der Waals surface area contributed by atoms with Crippen LogP contribution in [0.3, 0.4) is 0 Å². The topological polar surface area (TPSA) is 17.0 Å². The number of nitrogens with zero attached hydrogens (tertiary/aromatic N) is 1. The molecular weight excluding hydrogens is 445 g/mol. The van der Waals surface area contributed by atoms with Crippen molar-refractivity contribution in [2.45, 2.75) is 20.8 Å². The zero-order chi connectivity index (χ0) is 25.0. The van der Waals surface area contributed by atoms with E-state index in [1.54, 1.807) is 6.07 Å². The first-order chi connectivity index (χ1) is 17.4. The molecule has 0 radical (unpaired) electrons. The van der Waals surface area contributed by atoms with Crippen molar-refractivity contribution in [3.05, 3.63) is 114 Å². The predicted molar refractivity (Wildman–Crippen MR) is 145 cm³/mol. The van der Waals surface area contributed by atoms with Gasteiger partial charge in [0.25, 0.3) is 0 Å². The van der Waals surface area contributed by atoms with E-state index in [9.17, 15) is 0 Å². The van der Waals surface area contributed by atoms with Crippen molar-refractivity contribution in [2.75, 3.05) is 0 Å². The Bertz CT molecular complexity index is 1780. The summed E-state index contributed by atoms with van der Waals surface area (Å²) in [5.41, 5.74) is 10.4. The first kappa shape index (κ1) is 22.2. The lowest BCUT2D eigenvalue weighted by molar-refractivity contribution is -0.660. The lowest BCUT2D eigenvalue weighted by Crippen LogP contribution is -2.31. The summed E-state index contributed by atoms with van der Waals surface area (Å²) in [5.74, 6) is -0.288. The Balaban J connectivity index is 1.66. The van der Waals surface area contributed by atoms with Gasteiger partial charge in [0, 0.05) is 22.4 Å². The molecule has 0 fully saturated rings. The highest BCUT2D eigenvalue weighted by atomic mass is 19.1. The van der Waals surface area contributed by atoms with Gasteiger partial charge in [0.1, 0.15) is 24.0 Å². The molecule has 36 heavy (non-hydrogen) atoms. The predicted octanol–water partition coefficient (Wildman–Crippen LogP) is 8.48. The van der Waals surface area contributed by atoms with E-state index in [2.05, 4.69) is 75.0 Å². The smallest absolute Gasteiger partial charge is 0.216 e. The van der Waals surface area contributed by atoms with Crippen LogP contribution in [0.2, 0.25) is 0 Å². The molecule has 0 N–H and O–H groups in total. The molecule has 0 aliphatic heterocycles. The number of furan rings is 1. The van der Waals surface area contributed by atoms with Gasteiger partial charge in [-0.15, -0.1) is 0 Å². The lowest BCUT2D eigenvalue weighted by atomic mass is 9.94. The highest BCUT2D eigenvalue weighted by Crippen LogP contribution is 2.43. The number of fused-ring (bicyclic) bond motifs is 3. The summed E-state index contributed by atoms with van der Waals surface area (Å²) in [5, 5.41) is 1.96. The fourth-order valence-corrected chi connectivity index (χ4v) is 5.43. The molecule has 2 nitrogen and oxygen atoms in total. The van der Waals surface area contributed by atoms with Crippen LogP contribution in [0, 0.1) is 26.6 Å². The number of pyridine rings is 1. The molecule has 0 saturated carbocycles. The molecule has 6 aromatic rings. The van der Waals surface area contributed by atoms with Crippen LogP contribution in [-0.2, 0) is 7.05 Å². The van der Waals surface area contributed by atoms with Gasteiger partial charge < -0.3 is 4.42 Å². The molecule has 0 spiro atoms. The highest BCUT2D eigenvalue weighted by molar-refractivity contribution is 6.14. The fraction of sp³-hybridized carbons (Fsp3) is 0.121. The third kappa shape index (κ3) is 3.51. The van der Waals surface area contributed by atoms with Gasteiger partial charge in [-0.3, -0.25) is 0 Å². The first-order valence-corrected chi connectivity index (χ1v) is 12.2. The molecule has 4 aromatic carbocycles. The largest absolute Gasteiger partial charge is 0.454 e. The van der Waals surface area contributed by atoms with Crippen LogP contribution < -0.4 is 4.57 Å². The molecule has 6 rings (SSSR count). The van der Waals surface area contributed by atoms with E-state index < -0.39 is 0 Å². The van der Waals surface area contributed by atoms with E-state index in [-0.39, 0.29) is 5.82 Å². The molecule has 3 heteroatoms. The Morgan fingerprint density at radius 1 is 0.667 bits per heavy atom. The first-order valence-electron chi connectivity index (χ1n) is 12.2. The second-order valence-electron chi connectivity index (χ2n) is 9.64. The summed E-state index contributed by atoms with van der Waals surface area (Å²) in [4.78, 5) is 0. The number of benzene rings is 4. The molecule has 0 atom stereocenters. The summed E-state index contributed by atoms with van der Waals surface area (Å²) in [7, 11) is 2.05. The molecule has 0 aliphatic rings. The Morgan fingerprint density at radius 3 is 2.19 bits per heavy atom. The molecule has 0 saturated heterocycles. The number of aryl methyl sites for hydroxylation is 4. The average Bonchev–Trinajstić information content (AvgIpc) is 3.25. The molecule has 0 aliphatic carbocycles. The summed E-state index contributed by atoms with van der Waals surface area (Å²) in [6.45, 7) is 6.29. The summed E-state index contributed by atoms with van der Waals surface area (Å²) >= 11 is 0. The molecule has 0 amide bonds. The van der Waals surface area contributed by atoms with Crippen LogP contribution in [0.15, 0.2) is 95.5 Å². The summed E-state index contributed by atoms with van der Waals surface area (Å²) in [6, 6.07) is 28.0. The number of hydrogen-bond acceptors (Lipinski definition) is 1. The van der Waals surface area contributed by atoms with E-state index in [1.165, 1.54) is 5.56 Å². The zero-order valence-corrected chi connectivity index (χ0v) is 20.9. The second-order valence-corrected chi connectivity index (χ2v) is 9.64. The van der Waals surface area contributed by atoms with Crippen molar-refractivity contribution in [3.63, 3.8) is 0 Å². The number of rotatable bonds is 3. The maximum atomic E-state index is 15.5. The van der Waals surface area contributed by atoms with E-state index in [1.807, 2.05) is 42.5 Å². The quantitative estimate of drug-likeness (QED) is 0.236. The lowest BCUT2D eigenvalue weighted by Gasteiger charge is -2.08. The van der Waals surface area contributed by atoms with Gasteiger partial charge in [-0.2, -0.15) is 0 Å². The van der Waals surface area contributed by atoms with Crippen molar-refractivity contribution in [1.29, 1.82) is 0 Å². The minimum atomic E-state index is -0.288. The highest BCUT2D eigenvalue weighted by Gasteiger charge is 2.24. The van der Waals surface area contributed by atoms with E-state index >= 15 is 4.39 Å². The maximum Gasteiger partial charge on any atom is 0.216 e. The Kier molecular flexibility index (Phi) is 5.22. The maximum absolute atomic E-state index is 15.5. The SMILES string of the molecule is Cc1ccc(-c2c(C)cc(C)c3c2oc2c(-c4cccc(-c5ccccc5)c4)c(F)ccc23)[n+](C)c1. The third-order valence-electron chi connectivity index (χ3n) is 7.05. The zero-order valence-electron chi connectivity index (χ0n) is 20.9. The number of aromatic nitrogens is 1.